The van der Waals surface area contributed by atoms with Gasteiger partial charge in [-0.05, 0) is 35.9 Å². The molecule has 0 bridgehead atoms. The van der Waals surface area contributed by atoms with Crippen LogP contribution in [0, 0.1) is 5.92 Å². The molecule has 0 saturated heterocycles. The van der Waals surface area contributed by atoms with Crippen molar-refractivity contribution in [2.24, 2.45) is 11.7 Å². The highest BCUT2D eigenvalue weighted by molar-refractivity contribution is 6.04. The number of hydrogen-bond acceptors (Lipinski definition) is 5. The van der Waals surface area contributed by atoms with E-state index in [0.717, 1.165) is 10.8 Å². The number of benzene rings is 2. The van der Waals surface area contributed by atoms with Crippen LogP contribution in [0.1, 0.15) is 20.3 Å². The molecule has 0 aliphatic carbocycles. The molecule has 0 unspecified atom stereocenters. The van der Waals surface area contributed by atoms with Crippen LogP contribution in [0.15, 0.2) is 51.7 Å². The number of ether oxygens (including phenoxy) is 1. The van der Waals surface area contributed by atoms with Crippen molar-refractivity contribution >= 4 is 27.7 Å². The first-order valence-electron chi connectivity index (χ1n) is 7.88. The molecule has 1 heterocycles. The van der Waals surface area contributed by atoms with E-state index in [9.17, 15) is 9.59 Å². The highest BCUT2D eigenvalue weighted by atomic mass is 16.5. The van der Waals surface area contributed by atoms with Crippen molar-refractivity contribution in [3.63, 3.8) is 0 Å². The van der Waals surface area contributed by atoms with Crippen LogP contribution in [0.5, 0.6) is 5.75 Å². The summed E-state index contributed by atoms with van der Waals surface area (Å²) < 4.78 is 10.7. The molecule has 0 spiro atoms. The highest BCUT2D eigenvalue weighted by Gasteiger charge is 2.18. The lowest BCUT2D eigenvalue weighted by atomic mass is 10.0. The number of fused-ring (bicyclic) bond motifs is 3. The quantitative estimate of drug-likeness (QED) is 0.345. The molecule has 0 fully saturated rings. The number of esters is 1. The minimum Gasteiger partial charge on any atom is -0.425 e. The largest absolute Gasteiger partial charge is 0.425 e. The number of carbonyl (C=O) groups is 1. The molecule has 0 saturated carbocycles. The van der Waals surface area contributed by atoms with E-state index in [2.05, 4.69) is 0 Å². The Kier molecular flexibility index (Phi) is 4.36. The Labute approximate surface area is 139 Å². The van der Waals surface area contributed by atoms with E-state index < -0.39 is 17.6 Å². The van der Waals surface area contributed by atoms with Crippen LogP contribution in [0.3, 0.4) is 0 Å². The minimum atomic E-state index is -0.677. The van der Waals surface area contributed by atoms with Crippen molar-refractivity contribution in [2.75, 3.05) is 0 Å². The molecule has 2 N–H and O–H groups in total. The Balaban J connectivity index is 1.96. The van der Waals surface area contributed by atoms with Crippen molar-refractivity contribution in [1.82, 2.24) is 0 Å². The first-order chi connectivity index (χ1) is 11.5. The van der Waals surface area contributed by atoms with Gasteiger partial charge in [0.15, 0.2) is 0 Å². The fourth-order valence-corrected chi connectivity index (χ4v) is 2.72. The maximum absolute atomic E-state index is 12.1. The first kappa shape index (κ1) is 16.2. The van der Waals surface area contributed by atoms with Crippen LogP contribution >= 0.6 is 0 Å². The van der Waals surface area contributed by atoms with Gasteiger partial charge in [-0.3, -0.25) is 0 Å². The Hall–Kier alpha value is -2.66. The van der Waals surface area contributed by atoms with Crippen molar-refractivity contribution in [1.29, 1.82) is 0 Å². The van der Waals surface area contributed by atoms with Gasteiger partial charge in [-0.1, -0.05) is 32.0 Å². The monoisotopic (exact) mass is 325 g/mol. The summed E-state index contributed by atoms with van der Waals surface area (Å²) in [5.41, 5.74) is 5.79. The summed E-state index contributed by atoms with van der Waals surface area (Å²) in [7, 11) is 0. The fourth-order valence-electron chi connectivity index (χ4n) is 2.72. The molecular weight excluding hydrogens is 306 g/mol. The lowest BCUT2D eigenvalue weighted by Gasteiger charge is -2.13. The highest BCUT2D eigenvalue weighted by Crippen LogP contribution is 2.26. The van der Waals surface area contributed by atoms with E-state index in [1.807, 2.05) is 26.0 Å². The van der Waals surface area contributed by atoms with E-state index in [4.69, 9.17) is 14.9 Å². The normalized spacial score (nSPS) is 12.7. The van der Waals surface area contributed by atoms with Crippen molar-refractivity contribution in [2.45, 2.75) is 26.3 Å². The van der Waals surface area contributed by atoms with Gasteiger partial charge in [-0.25, -0.2) is 9.59 Å². The second-order valence-corrected chi connectivity index (χ2v) is 6.25. The molecule has 5 nitrogen and oxygen atoms in total. The van der Waals surface area contributed by atoms with E-state index in [1.165, 1.54) is 0 Å². The lowest BCUT2D eigenvalue weighted by molar-refractivity contribution is -0.136. The van der Waals surface area contributed by atoms with Gasteiger partial charge in [0.2, 0.25) is 0 Å². The molecule has 0 radical (unpaired) electrons. The average Bonchev–Trinajstić information content (AvgIpc) is 2.54. The van der Waals surface area contributed by atoms with Crippen LogP contribution in [-0.4, -0.2) is 12.0 Å². The predicted octanol–water partition coefficient (Wildman–Crippen LogP) is 3.23. The molecule has 5 heteroatoms. The molecular formula is C19H19NO4. The van der Waals surface area contributed by atoms with Gasteiger partial charge in [0.25, 0.3) is 0 Å². The number of hydrogen-bond donors (Lipinski definition) is 1. The lowest BCUT2D eigenvalue weighted by Crippen LogP contribution is -2.35. The van der Waals surface area contributed by atoms with Gasteiger partial charge >= 0.3 is 11.6 Å². The standard InChI is InChI=1S/C19H19NO4/c1-11(2)9-16(20)19(22)23-12-7-8-14-13-5-3-4-6-15(13)18(21)24-17(14)10-12/h3-8,10-11,16H,9,20H2,1-2H3/t16-/m0/s1. The van der Waals surface area contributed by atoms with Gasteiger partial charge in [-0.15, -0.1) is 0 Å². The maximum atomic E-state index is 12.1. The second-order valence-electron chi connectivity index (χ2n) is 6.25. The summed E-state index contributed by atoms with van der Waals surface area (Å²) in [5, 5.41) is 2.11. The number of rotatable bonds is 4. The zero-order valence-electron chi connectivity index (χ0n) is 13.6. The van der Waals surface area contributed by atoms with E-state index in [0.29, 0.717) is 29.1 Å². The third-order valence-electron chi connectivity index (χ3n) is 3.84. The van der Waals surface area contributed by atoms with Crippen molar-refractivity contribution in [3.05, 3.63) is 52.9 Å². The van der Waals surface area contributed by atoms with Gasteiger partial charge in [0.05, 0.1) is 5.39 Å². The molecule has 1 aromatic heterocycles. The molecule has 0 aliphatic rings. The Morgan fingerprint density at radius 3 is 2.54 bits per heavy atom. The molecule has 2 aromatic carbocycles. The summed E-state index contributed by atoms with van der Waals surface area (Å²) >= 11 is 0. The SMILES string of the molecule is CC(C)C[C@H](N)C(=O)Oc1ccc2c(c1)oc(=O)c1ccccc12. The van der Waals surface area contributed by atoms with Crippen LogP contribution in [0.4, 0.5) is 0 Å². The third kappa shape index (κ3) is 3.16. The Morgan fingerprint density at radius 1 is 1.12 bits per heavy atom. The summed E-state index contributed by atoms with van der Waals surface area (Å²) in [4.78, 5) is 24.1. The van der Waals surface area contributed by atoms with Crippen LogP contribution in [-0.2, 0) is 4.79 Å². The van der Waals surface area contributed by atoms with E-state index in [-0.39, 0.29) is 0 Å². The molecule has 3 rings (SSSR count). The minimum absolute atomic E-state index is 0.300. The van der Waals surface area contributed by atoms with Gasteiger partial charge in [-0.2, -0.15) is 0 Å². The smallest absolute Gasteiger partial charge is 0.344 e. The molecule has 0 aliphatic heterocycles. The van der Waals surface area contributed by atoms with Crippen LogP contribution in [0.25, 0.3) is 21.7 Å². The van der Waals surface area contributed by atoms with Crippen LogP contribution in [0.2, 0.25) is 0 Å². The van der Waals surface area contributed by atoms with Gasteiger partial charge < -0.3 is 14.9 Å². The summed E-state index contributed by atoms with van der Waals surface area (Å²) in [5.74, 6) is 0.116. The van der Waals surface area contributed by atoms with Crippen molar-refractivity contribution < 1.29 is 13.9 Å². The van der Waals surface area contributed by atoms with Gasteiger partial charge in [0.1, 0.15) is 17.4 Å². The molecule has 124 valence electrons. The van der Waals surface area contributed by atoms with Crippen LogP contribution < -0.4 is 16.1 Å². The fraction of sp³-hybridized carbons (Fsp3) is 0.263. The molecule has 3 aromatic rings. The van der Waals surface area contributed by atoms with Crippen molar-refractivity contribution in [3.8, 4) is 5.75 Å². The number of nitrogens with two attached hydrogens (primary N) is 1. The van der Waals surface area contributed by atoms with Gasteiger partial charge in [0, 0.05) is 11.5 Å². The Morgan fingerprint density at radius 2 is 1.83 bits per heavy atom. The van der Waals surface area contributed by atoms with E-state index >= 15 is 0 Å². The summed E-state index contributed by atoms with van der Waals surface area (Å²) in [6, 6.07) is 11.6. The first-order valence-corrected chi connectivity index (χ1v) is 7.88. The predicted molar refractivity (Wildman–Crippen MR) is 93.1 cm³/mol. The number of carbonyl (C=O) groups excluding carboxylic acids is 1. The Bertz CT molecular complexity index is 958. The zero-order valence-corrected chi connectivity index (χ0v) is 13.6. The maximum Gasteiger partial charge on any atom is 0.344 e. The summed E-state index contributed by atoms with van der Waals surface area (Å²) in [6.07, 6.45) is 0.548. The molecule has 0 amide bonds. The molecule has 1 atom stereocenters. The second kappa shape index (κ2) is 6.45. The zero-order chi connectivity index (χ0) is 17.3. The topological polar surface area (TPSA) is 82.5 Å². The average molecular weight is 325 g/mol. The summed E-state index contributed by atoms with van der Waals surface area (Å²) in [6.45, 7) is 3.98. The van der Waals surface area contributed by atoms with E-state index in [1.54, 1.807) is 30.3 Å². The molecule has 24 heavy (non-hydrogen) atoms. The third-order valence-corrected chi connectivity index (χ3v) is 3.84.